The highest BCUT2D eigenvalue weighted by Gasteiger charge is 2.42. The summed E-state index contributed by atoms with van der Waals surface area (Å²) in [6.45, 7) is 6.39. The van der Waals surface area contributed by atoms with Crippen LogP contribution in [0.4, 0.5) is 5.69 Å². The lowest BCUT2D eigenvalue weighted by Gasteiger charge is -2.28. The van der Waals surface area contributed by atoms with Gasteiger partial charge in [-0.15, -0.1) is 11.3 Å². The van der Waals surface area contributed by atoms with E-state index in [9.17, 15) is 0 Å². The fourth-order valence-electron chi connectivity index (χ4n) is 4.36. The summed E-state index contributed by atoms with van der Waals surface area (Å²) in [7, 11) is 0. The smallest absolute Gasteiger partial charge is 0.193 e. The Morgan fingerprint density at radius 2 is 1.81 bits per heavy atom. The molecule has 4 aromatic rings. The summed E-state index contributed by atoms with van der Waals surface area (Å²) >= 11 is 7.48. The monoisotopic (exact) mass is 445 g/mol. The molecule has 31 heavy (non-hydrogen) atoms. The Kier molecular flexibility index (Phi) is 5.08. The van der Waals surface area contributed by atoms with E-state index in [4.69, 9.17) is 12.2 Å². The number of nitrogens with zero attached hydrogens (tertiary/aromatic N) is 4. The molecule has 0 spiro atoms. The molecule has 0 amide bonds. The molecule has 0 radical (unpaired) electrons. The number of anilines is 1. The van der Waals surface area contributed by atoms with Gasteiger partial charge in [-0.25, -0.2) is 4.98 Å². The molecule has 5 rings (SSSR count). The number of benzene rings is 1. The van der Waals surface area contributed by atoms with Crippen LogP contribution in [0.5, 0.6) is 0 Å². The molecule has 0 aliphatic carbocycles. The SMILES string of the molecule is Cc1ccc(N2C(=S)N[C@@H](c3ccccn3)[C@H]2c2cc(C)n(-c3nccs3)c2C)cc1. The maximum atomic E-state index is 5.84. The number of hydrogen-bond donors (Lipinski definition) is 1. The number of aromatic nitrogens is 3. The van der Waals surface area contributed by atoms with Crippen LogP contribution in [-0.2, 0) is 0 Å². The first-order valence-corrected chi connectivity index (χ1v) is 11.5. The van der Waals surface area contributed by atoms with Crippen molar-refractivity contribution in [3.63, 3.8) is 0 Å². The quantitative estimate of drug-likeness (QED) is 0.424. The van der Waals surface area contributed by atoms with Crippen LogP contribution in [0, 0.1) is 20.8 Å². The maximum absolute atomic E-state index is 5.84. The van der Waals surface area contributed by atoms with Crippen LogP contribution in [0.1, 0.15) is 40.3 Å². The van der Waals surface area contributed by atoms with Gasteiger partial charge in [-0.3, -0.25) is 9.55 Å². The first kappa shape index (κ1) is 19.9. The van der Waals surface area contributed by atoms with E-state index >= 15 is 0 Å². The second kappa shape index (κ2) is 7.90. The van der Waals surface area contributed by atoms with Gasteiger partial charge >= 0.3 is 0 Å². The van der Waals surface area contributed by atoms with Gasteiger partial charge in [0.15, 0.2) is 10.2 Å². The Morgan fingerprint density at radius 3 is 2.48 bits per heavy atom. The molecule has 156 valence electrons. The van der Waals surface area contributed by atoms with Crippen LogP contribution < -0.4 is 10.2 Å². The number of thiocarbonyl (C=S) groups is 1. The molecule has 4 heterocycles. The van der Waals surface area contributed by atoms with Crippen molar-refractivity contribution in [1.29, 1.82) is 0 Å². The van der Waals surface area contributed by atoms with Crippen LogP contribution in [0.25, 0.3) is 5.13 Å². The van der Waals surface area contributed by atoms with Crippen molar-refractivity contribution in [2.75, 3.05) is 4.90 Å². The van der Waals surface area contributed by atoms with E-state index in [1.54, 1.807) is 11.3 Å². The second-order valence-electron chi connectivity index (χ2n) is 7.81. The number of rotatable bonds is 4. The second-order valence-corrected chi connectivity index (χ2v) is 9.07. The summed E-state index contributed by atoms with van der Waals surface area (Å²) in [6, 6.07) is 16.7. The van der Waals surface area contributed by atoms with Crippen molar-refractivity contribution in [2.24, 2.45) is 0 Å². The lowest BCUT2D eigenvalue weighted by atomic mass is 9.96. The highest BCUT2D eigenvalue weighted by molar-refractivity contribution is 7.80. The molecule has 7 heteroatoms. The number of hydrogen-bond acceptors (Lipinski definition) is 4. The zero-order valence-electron chi connectivity index (χ0n) is 17.6. The molecule has 0 saturated carbocycles. The molecule has 2 atom stereocenters. The maximum Gasteiger partial charge on any atom is 0.193 e. The first-order chi connectivity index (χ1) is 15.0. The van der Waals surface area contributed by atoms with Gasteiger partial charge < -0.3 is 10.2 Å². The summed E-state index contributed by atoms with van der Waals surface area (Å²) in [4.78, 5) is 11.4. The Balaban J connectivity index is 1.68. The van der Waals surface area contributed by atoms with Crippen molar-refractivity contribution >= 4 is 34.4 Å². The van der Waals surface area contributed by atoms with E-state index in [0.717, 1.165) is 22.2 Å². The van der Waals surface area contributed by atoms with E-state index in [2.05, 4.69) is 81.9 Å². The Hall–Kier alpha value is -3.03. The molecule has 3 aromatic heterocycles. The lowest BCUT2D eigenvalue weighted by molar-refractivity contribution is 0.565. The zero-order chi connectivity index (χ0) is 21.5. The third kappa shape index (κ3) is 3.43. The fourth-order valence-corrected chi connectivity index (χ4v) is 5.46. The lowest BCUT2D eigenvalue weighted by Crippen LogP contribution is -2.29. The number of thiazole rings is 1. The van der Waals surface area contributed by atoms with Crippen molar-refractivity contribution in [2.45, 2.75) is 32.9 Å². The molecule has 0 unspecified atom stereocenters. The number of aryl methyl sites for hydroxylation is 2. The predicted molar refractivity (Wildman–Crippen MR) is 130 cm³/mol. The molecule has 1 aliphatic heterocycles. The highest BCUT2D eigenvalue weighted by Crippen LogP contribution is 2.43. The number of nitrogens with one attached hydrogen (secondary N) is 1. The van der Waals surface area contributed by atoms with Gasteiger partial charge in [0, 0.05) is 34.8 Å². The Bertz CT molecular complexity index is 1210. The summed E-state index contributed by atoms with van der Waals surface area (Å²) in [6.07, 6.45) is 3.69. The van der Waals surface area contributed by atoms with E-state index in [1.807, 2.05) is 29.9 Å². The minimum Gasteiger partial charge on any atom is -0.351 e. The third-order valence-electron chi connectivity index (χ3n) is 5.81. The fraction of sp³-hybridized carbons (Fsp3) is 0.208. The molecule has 1 saturated heterocycles. The summed E-state index contributed by atoms with van der Waals surface area (Å²) in [5.41, 5.74) is 6.82. The van der Waals surface area contributed by atoms with E-state index in [-0.39, 0.29) is 12.1 Å². The molecule has 0 bridgehead atoms. The predicted octanol–water partition coefficient (Wildman–Crippen LogP) is 5.43. The summed E-state index contributed by atoms with van der Waals surface area (Å²) in [5, 5.41) is 7.24. The van der Waals surface area contributed by atoms with Gasteiger partial charge in [0.25, 0.3) is 0 Å². The summed E-state index contributed by atoms with van der Waals surface area (Å²) < 4.78 is 2.23. The van der Waals surface area contributed by atoms with Crippen LogP contribution in [-0.4, -0.2) is 19.6 Å². The van der Waals surface area contributed by atoms with E-state index in [1.165, 1.54) is 16.8 Å². The van der Waals surface area contributed by atoms with Crippen molar-refractivity contribution in [3.05, 3.63) is 94.5 Å². The van der Waals surface area contributed by atoms with Gasteiger partial charge in [0.05, 0.1) is 17.8 Å². The molecule has 5 nitrogen and oxygen atoms in total. The minimum absolute atomic E-state index is 0.0231. The third-order valence-corrected chi connectivity index (χ3v) is 6.88. The van der Waals surface area contributed by atoms with E-state index < -0.39 is 0 Å². The van der Waals surface area contributed by atoms with Crippen LogP contribution in [0.15, 0.2) is 66.3 Å². The Morgan fingerprint density at radius 1 is 1.00 bits per heavy atom. The van der Waals surface area contributed by atoms with Crippen molar-refractivity contribution < 1.29 is 0 Å². The standard InChI is InChI=1S/C24H23N5S2/c1-15-7-9-18(10-8-15)29-22(21(27-23(29)30)20-6-4-5-11-25-20)19-14-16(2)28(17(19)3)24-26-12-13-31-24/h4-14,21-22H,1-3H3,(H,27,30)/t21-,22+/m0/s1. The zero-order valence-corrected chi connectivity index (χ0v) is 19.2. The van der Waals surface area contributed by atoms with E-state index in [0.29, 0.717) is 5.11 Å². The molecular formula is C24H23N5S2. The average molecular weight is 446 g/mol. The van der Waals surface area contributed by atoms with Crippen LogP contribution >= 0.6 is 23.6 Å². The van der Waals surface area contributed by atoms with Gasteiger partial charge in [-0.2, -0.15) is 0 Å². The molecular weight excluding hydrogens is 422 g/mol. The number of pyridine rings is 1. The summed E-state index contributed by atoms with van der Waals surface area (Å²) in [5.74, 6) is 0. The average Bonchev–Trinajstić information content (AvgIpc) is 3.47. The highest BCUT2D eigenvalue weighted by atomic mass is 32.1. The van der Waals surface area contributed by atoms with Crippen LogP contribution in [0.3, 0.4) is 0 Å². The first-order valence-electron chi connectivity index (χ1n) is 10.2. The van der Waals surface area contributed by atoms with Gasteiger partial charge in [-0.1, -0.05) is 23.8 Å². The minimum atomic E-state index is -0.0553. The van der Waals surface area contributed by atoms with Crippen LogP contribution in [0.2, 0.25) is 0 Å². The topological polar surface area (TPSA) is 46.0 Å². The van der Waals surface area contributed by atoms with Crippen molar-refractivity contribution in [1.82, 2.24) is 19.9 Å². The van der Waals surface area contributed by atoms with Gasteiger partial charge in [0.2, 0.25) is 0 Å². The van der Waals surface area contributed by atoms with Gasteiger partial charge in [-0.05, 0) is 68.9 Å². The normalized spacial score (nSPS) is 18.4. The largest absolute Gasteiger partial charge is 0.351 e. The molecule has 1 N–H and O–H groups in total. The molecule has 1 aromatic carbocycles. The molecule has 1 aliphatic rings. The molecule has 1 fully saturated rings. The van der Waals surface area contributed by atoms with Crippen molar-refractivity contribution in [3.8, 4) is 5.13 Å². The Labute approximate surface area is 191 Å². The van der Waals surface area contributed by atoms with Gasteiger partial charge in [0.1, 0.15) is 0 Å².